The molecule has 11 heteroatoms. The predicted octanol–water partition coefficient (Wildman–Crippen LogP) is 10.2. The summed E-state index contributed by atoms with van der Waals surface area (Å²) >= 11 is 0. The maximum absolute atomic E-state index is 13.3. The van der Waals surface area contributed by atoms with Crippen LogP contribution >= 0.6 is 0 Å². The van der Waals surface area contributed by atoms with Gasteiger partial charge in [0.05, 0.1) is 25.4 Å². The van der Waals surface area contributed by atoms with Crippen LogP contribution in [0.5, 0.6) is 0 Å². The summed E-state index contributed by atoms with van der Waals surface area (Å²) in [7, 11) is 0. The van der Waals surface area contributed by atoms with Gasteiger partial charge in [0, 0.05) is 6.42 Å². The van der Waals surface area contributed by atoms with Crippen LogP contribution in [0.4, 0.5) is 0 Å². The van der Waals surface area contributed by atoms with Gasteiger partial charge in [0.25, 0.3) is 0 Å². The first-order chi connectivity index (χ1) is 32.7. The molecule has 6 N–H and O–H groups in total. The first kappa shape index (κ1) is 60.8. The van der Waals surface area contributed by atoms with Crippen LogP contribution in [-0.4, -0.2) is 99.6 Å². The van der Waals surface area contributed by atoms with E-state index in [2.05, 4.69) is 44.3 Å². The fourth-order valence-electron chi connectivity index (χ4n) is 6.81. The van der Waals surface area contributed by atoms with Crippen molar-refractivity contribution in [2.75, 3.05) is 13.2 Å². The van der Waals surface area contributed by atoms with E-state index in [1.54, 1.807) is 6.08 Å². The average molecular weight is 934 g/mol. The molecule has 1 rings (SSSR count). The van der Waals surface area contributed by atoms with Crippen LogP contribution < -0.4 is 5.32 Å². The Kier molecular flexibility index (Phi) is 39.1. The molecular formula is C56H87NO10. The van der Waals surface area contributed by atoms with Crippen molar-refractivity contribution in [3.8, 4) is 0 Å². The highest BCUT2D eigenvalue weighted by Crippen LogP contribution is 2.26. The molecule has 11 nitrogen and oxygen atoms in total. The number of carbonyl (C=O) groups is 2. The smallest absolute Gasteiger partial charge is 0.306 e. The van der Waals surface area contributed by atoms with Crippen LogP contribution in [0.2, 0.25) is 0 Å². The van der Waals surface area contributed by atoms with Gasteiger partial charge >= 0.3 is 5.97 Å². The lowest BCUT2D eigenvalue weighted by Crippen LogP contribution is -2.61. The van der Waals surface area contributed by atoms with Gasteiger partial charge in [-0.25, -0.2) is 0 Å². The van der Waals surface area contributed by atoms with Gasteiger partial charge < -0.3 is 45.1 Å². The Morgan fingerprint density at radius 3 is 1.61 bits per heavy atom. The summed E-state index contributed by atoms with van der Waals surface area (Å²) in [6.45, 7) is 5.35. The second-order valence-electron chi connectivity index (χ2n) is 16.7. The molecule has 67 heavy (non-hydrogen) atoms. The summed E-state index contributed by atoms with van der Waals surface area (Å²) < 4.78 is 17.4. The summed E-state index contributed by atoms with van der Waals surface area (Å²) in [5.74, 6) is -1.34. The van der Waals surface area contributed by atoms with Crippen LogP contribution in [0.15, 0.2) is 134 Å². The van der Waals surface area contributed by atoms with Gasteiger partial charge in [-0.1, -0.05) is 212 Å². The number of nitrogens with one attached hydrogen (secondary N) is 1. The number of carbonyl (C=O) groups excluding carboxylic acids is 2. The Labute approximate surface area is 403 Å². The van der Waals surface area contributed by atoms with Crippen LogP contribution in [0.1, 0.15) is 143 Å². The third-order valence-electron chi connectivity index (χ3n) is 10.8. The molecule has 8 atom stereocenters. The van der Waals surface area contributed by atoms with Gasteiger partial charge in [0.2, 0.25) is 5.91 Å². The standard InChI is InChI=1S/C56H87NO10/c1-4-7-10-13-16-19-22-24-25-26-29-32-35-38-41-44-51(61)67-54-53(63)52(62)50(45-58)66-56(54)65-46-47(48(59)42-39-36-33-30-27-21-18-15-12-9-6-3)57-55(64)49(60)43-40-37-34-31-28-23-20-17-14-11-8-5-2/h7-8,10-11,13-14,16-17,19-20,22-26,28-29,31,34,37,39,42,47-50,52-54,56,58-60,62-63H,4-6,9,12,15,18,21,27,30,32-33,35-36,38,40-41,43-46H2,1-3H3,(H,57,64)/b10-7+,11-8+,16-13+,17-14+,22-19-,23-20-,25-24-,29-26+,31-28-,37-34+,42-39+. The van der Waals surface area contributed by atoms with Gasteiger partial charge in [-0.3, -0.25) is 9.59 Å². The van der Waals surface area contributed by atoms with Crippen LogP contribution in [0.3, 0.4) is 0 Å². The number of hydrogen-bond acceptors (Lipinski definition) is 10. The lowest BCUT2D eigenvalue weighted by atomic mass is 9.99. The number of aliphatic hydroxyl groups is 5. The van der Waals surface area contributed by atoms with Crippen molar-refractivity contribution in [3.63, 3.8) is 0 Å². The molecule has 8 unspecified atom stereocenters. The van der Waals surface area contributed by atoms with E-state index in [0.717, 1.165) is 57.8 Å². The zero-order valence-corrected chi connectivity index (χ0v) is 40.9. The summed E-state index contributed by atoms with van der Waals surface area (Å²) in [5, 5.41) is 56.4. The summed E-state index contributed by atoms with van der Waals surface area (Å²) in [6, 6.07) is -1.08. The SMILES string of the molecule is CC/C=C/C=C/C=C\C=C/C=C/CCCCCC(=O)OC1C(OCC(NC(=O)C(O)CC/C=C/C=C\C=C/C=C/C=C/CC)C(O)/C=C/CCCCCCCCCCC)OC(CO)C(O)C1O. The van der Waals surface area contributed by atoms with Gasteiger partial charge in [-0.05, 0) is 57.8 Å². The minimum Gasteiger partial charge on any atom is -0.454 e. The van der Waals surface area contributed by atoms with E-state index in [1.807, 2.05) is 109 Å². The molecule has 1 heterocycles. The third kappa shape index (κ3) is 32.2. The molecule has 0 radical (unpaired) electrons. The highest BCUT2D eigenvalue weighted by Gasteiger charge is 2.47. The lowest BCUT2D eigenvalue weighted by Gasteiger charge is -2.41. The summed E-state index contributed by atoms with van der Waals surface area (Å²) in [5.41, 5.74) is 0. The monoisotopic (exact) mass is 934 g/mol. The third-order valence-corrected chi connectivity index (χ3v) is 10.8. The van der Waals surface area contributed by atoms with E-state index in [0.29, 0.717) is 12.8 Å². The maximum atomic E-state index is 13.3. The minimum absolute atomic E-state index is 0.0567. The minimum atomic E-state index is -1.65. The van der Waals surface area contributed by atoms with Crippen molar-refractivity contribution in [2.24, 2.45) is 0 Å². The second kappa shape index (κ2) is 43.1. The van der Waals surface area contributed by atoms with Crippen molar-refractivity contribution in [1.82, 2.24) is 5.32 Å². The quantitative estimate of drug-likeness (QED) is 0.0151. The van der Waals surface area contributed by atoms with Crippen molar-refractivity contribution >= 4 is 11.9 Å². The van der Waals surface area contributed by atoms with Crippen molar-refractivity contribution in [1.29, 1.82) is 0 Å². The second-order valence-corrected chi connectivity index (χ2v) is 16.7. The molecule has 1 aliphatic rings. The Bertz CT molecular complexity index is 1590. The largest absolute Gasteiger partial charge is 0.454 e. The number of ether oxygens (including phenoxy) is 3. The molecule has 1 amide bonds. The van der Waals surface area contributed by atoms with Crippen molar-refractivity contribution in [2.45, 2.75) is 192 Å². The summed E-state index contributed by atoms with van der Waals surface area (Å²) in [6.07, 6.45) is 49.5. The number of aliphatic hydroxyl groups excluding tert-OH is 5. The molecule has 0 aromatic rings. The molecule has 0 aromatic carbocycles. The first-order valence-corrected chi connectivity index (χ1v) is 25.1. The fourth-order valence-corrected chi connectivity index (χ4v) is 6.81. The zero-order chi connectivity index (χ0) is 49.0. The van der Waals surface area contributed by atoms with Crippen molar-refractivity contribution < 1.29 is 49.3 Å². The van der Waals surface area contributed by atoms with E-state index >= 15 is 0 Å². The molecule has 376 valence electrons. The van der Waals surface area contributed by atoms with Crippen molar-refractivity contribution in [3.05, 3.63) is 134 Å². The van der Waals surface area contributed by atoms with Gasteiger partial charge in [0.15, 0.2) is 12.4 Å². The van der Waals surface area contributed by atoms with Gasteiger partial charge in [-0.15, -0.1) is 0 Å². The van der Waals surface area contributed by atoms with E-state index < -0.39 is 67.4 Å². The molecule has 0 saturated carbocycles. The topological polar surface area (TPSA) is 175 Å². The Morgan fingerprint density at radius 1 is 0.597 bits per heavy atom. The number of unbranched alkanes of at least 4 members (excludes halogenated alkanes) is 12. The molecule has 1 saturated heterocycles. The highest BCUT2D eigenvalue weighted by molar-refractivity contribution is 5.80. The van der Waals surface area contributed by atoms with Crippen LogP contribution in [-0.2, 0) is 23.8 Å². The Balaban J connectivity index is 2.89. The predicted molar refractivity (Wildman–Crippen MR) is 273 cm³/mol. The molecule has 0 aromatic heterocycles. The van der Waals surface area contributed by atoms with Gasteiger partial charge in [0.1, 0.15) is 24.4 Å². The Hall–Kier alpha value is -4.20. The molecule has 0 bridgehead atoms. The number of amides is 1. The normalized spacial score (nSPS) is 21.2. The van der Waals surface area contributed by atoms with Crippen LogP contribution in [0, 0.1) is 0 Å². The van der Waals surface area contributed by atoms with E-state index in [9.17, 15) is 35.1 Å². The van der Waals surface area contributed by atoms with Gasteiger partial charge in [-0.2, -0.15) is 0 Å². The van der Waals surface area contributed by atoms with Crippen LogP contribution in [0.25, 0.3) is 0 Å². The Morgan fingerprint density at radius 2 is 1.07 bits per heavy atom. The molecule has 1 aliphatic heterocycles. The first-order valence-electron chi connectivity index (χ1n) is 25.1. The number of allylic oxidation sites excluding steroid dienone is 21. The maximum Gasteiger partial charge on any atom is 0.306 e. The number of esters is 1. The van der Waals surface area contributed by atoms with E-state index in [4.69, 9.17) is 14.2 Å². The molecule has 0 spiro atoms. The fraction of sp³-hybridized carbons (Fsp3) is 0.571. The zero-order valence-electron chi connectivity index (χ0n) is 40.9. The number of rotatable bonds is 38. The molecule has 1 fully saturated rings. The lowest BCUT2D eigenvalue weighted by molar-refractivity contribution is -0.305. The van der Waals surface area contributed by atoms with E-state index in [-0.39, 0.29) is 19.4 Å². The highest BCUT2D eigenvalue weighted by atomic mass is 16.7. The molecule has 0 aliphatic carbocycles. The van der Waals surface area contributed by atoms with E-state index in [1.165, 1.54) is 38.5 Å². The summed E-state index contributed by atoms with van der Waals surface area (Å²) in [4.78, 5) is 26.3. The average Bonchev–Trinajstić information content (AvgIpc) is 3.32. The molecular weight excluding hydrogens is 847 g/mol. The number of hydrogen-bond donors (Lipinski definition) is 6.